The highest BCUT2D eigenvalue weighted by molar-refractivity contribution is 5.28. The van der Waals surface area contributed by atoms with Crippen molar-refractivity contribution in [3.8, 4) is 0 Å². The Kier molecular flexibility index (Phi) is 5.83. The molecule has 0 atom stereocenters. The first-order valence-corrected chi connectivity index (χ1v) is 7.35. The maximum atomic E-state index is 5.64. The molecule has 19 heavy (non-hydrogen) atoms. The molecule has 1 aliphatic rings. The average molecular weight is 263 g/mol. The van der Waals surface area contributed by atoms with Gasteiger partial charge in [-0.25, -0.2) is 0 Å². The third-order valence-corrected chi connectivity index (χ3v) is 3.63. The third kappa shape index (κ3) is 4.30. The van der Waals surface area contributed by atoms with E-state index in [0.29, 0.717) is 13.2 Å². The van der Waals surface area contributed by atoms with Crippen molar-refractivity contribution in [2.24, 2.45) is 0 Å². The molecular weight excluding hydrogens is 238 g/mol. The first kappa shape index (κ1) is 14.5. The molecule has 2 rings (SSSR count). The van der Waals surface area contributed by atoms with Crippen LogP contribution in [0.3, 0.4) is 0 Å². The summed E-state index contributed by atoms with van der Waals surface area (Å²) in [5.41, 5.74) is 2.99. The van der Waals surface area contributed by atoms with Gasteiger partial charge in [0, 0.05) is 32.8 Å². The second-order valence-electron chi connectivity index (χ2n) is 4.91. The molecule has 3 heteroatoms. The van der Waals surface area contributed by atoms with Gasteiger partial charge in [-0.3, -0.25) is 4.90 Å². The van der Waals surface area contributed by atoms with Crippen LogP contribution in [0.2, 0.25) is 0 Å². The molecule has 0 unspecified atom stereocenters. The smallest absolute Gasteiger partial charge is 0.170 e. The van der Waals surface area contributed by atoms with Crippen LogP contribution in [0.15, 0.2) is 24.3 Å². The Morgan fingerprint density at radius 2 is 1.53 bits per heavy atom. The van der Waals surface area contributed by atoms with Crippen LogP contribution >= 0.6 is 0 Å². The number of hydrogen-bond acceptors (Lipinski definition) is 3. The summed E-state index contributed by atoms with van der Waals surface area (Å²) in [5, 5.41) is 0. The summed E-state index contributed by atoms with van der Waals surface area (Å²) in [7, 11) is 0. The summed E-state index contributed by atoms with van der Waals surface area (Å²) < 4.78 is 11.3. The Morgan fingerprint density at radius 1 is 1.00 bits per heavy atom. The lowest BCUT2D eigenvalue weighted by Crippen LogP contribution is -2.37. The first-order chi connectivity index (χ1) is 9.33. The molecule has 0 bridgehead atoms. The number of nitrogens with zero attached hydrogens (tertiary/aromatic N) is 1. The fourth-order valence-corrected chi connectivity index (χ4v) is 2.63. The van der Waals surface area contributed by atoms with E-state index in [1.807, 2.05) is 13.8 Å². The molecule has 1 aromatic carbocycles. The van der Waals surface area contributed by atoms with Gasteiger partial charge in [-0.15, -0.1) is 0 Å². The van der Waals surface area contributed by atoms with Gasteiger partial charge >= 0.3 is 0 Å². The van der Waals surface area contributed by atoms with Crippen LogP contribution in [0.1, 0.15) is 25.0 Å². The summed E-state index contributed by atoms with van der Waals surface area (Å²) in [6, 6.07) is 8.78. The van der Waals surface area contributed by atoms with Crippen molar-refractivity contribution in [1.29, 1.82) is 0 Å². The second-order valence-corrected chi connectivity index (χ2v) is 4.91. The SMILES string of the molecule is CCOC(CN1CCc2ccccc2CC1)OCC. The normalized spacial score (nSPS) is 16.4. The van der Waals surface area contributed by atoms with Gasteiger partial charge in [0.25, 0.3) is 0 Å². The molecule has 3 nitrogen and oxygen atoms in total. The van der Waals surface area contributed by atoms with Gasteiger partial charge in [-0.2, -0.15) is 0 Å². The molecule has 0 N–H and O–H groups in total. The van der Waals surface area contributed by atoms with Crippen LogP contribution in [0.25, 0.3) is 0 Å². The van der Waals surface area contributed by atoms with Gasteiger partial charge in [-0.05, 0) is 37.8 Å². The van der Waals surface area contributed by atoms with Crippen LogP contribution in [-0.2, 0) is 22.3 Å². The topological polar surface area (TPSA) is 21.7 Å². The Hall–Kier alpha value is -0.900. The molecule has 0 saturated heterocycles. The van der Waals surface area contributed by atoms with Gasteiger partial charge < -0.3 is 9.47 Å². The molecule has 0 amide bonds. The molecule has 0 aromatic heterocycles. The lowest BCUT2D eigenvalue weighted by molar-refractivity contribution is -0.146. The number of benzene rings is 1. The van der Waals surface area contributed by atoms with E-state index in [-0.39, 0.29) is 6.29 Å². The molecule has 0 saturated carbocycles. The van der Waals surface area contributed by atoms with E-state index in [1.165, 1.54) is 11.1 Å². The lowest BCUT2D eigenvalue weighted by Gasteiger charge is -2.25. The minimum absolute atomic E-state index is 0.0868. The Labute approximate surface area is 116 Å². The molecule has 0 aliphatic carbocycles. The second kappa shape index (κ2) is 7.63. The molecule has 1 aliphatic heterocycles. The Morgan fingerprint density at radius 3 is 2.00 bits per heavy atom. The van der Waals surface area contributed by atoms with Crippen molar-refractivity contribution in [2.75, 3.05) is 32.8 Å². The van der Waals surface area contributed by atoms with E-state index < -0.39 is 0 Å². The molecule has 0 spiro atoms. The number of fused-ring (bicyclic) bond motifs is 1. The summed E-state index contributed by atoms with van der Waals surface area (Å²) in [5.74, 6) is 0. The van der Waals surface area contributed by atoms with E-state index >= 15 is 0 Å². The minimum atomic E-state index is -0.0868. The van der Waals surface area contributed by atoms with Gasteiger partial charge in [-0.1, -0.05) is 24.3 Å². The maximum absolute atomic E-state index is 5.64. The minimum Gasteiger partial charge on any atom is -0.352 e. The largest absolute Gasteiger partial charge is 0.352 e. The van der Waals surface area contributed by atoms with E-state index in [9.17, 15) is 0 Å². The van der Waals surface area contributed by atoms with Gasteiger partial charge in [0.05, 0.1) is 0 Å². The number of rotatable bonds is 6. The van der Waals surface area contributed by atoms with Crippen LogP contribution in [0, 0.1) is 0 Å². The van der Waals surface area contributed by atoms with Crippen LogP contribution < -0.4 is 0 Å². The van der Waals surface area contributed by atoms with E-state index in [4.69, 9.17) is 9.47 Å². The standard InChI is InChI=1S/C16H25NO2/c1-3-18-16(19-4-2)13-17-11-9-14-7-5-6-8-15(14)10-12-17/h5-8,16H,3-4,9-13H2,1-2H3. The highest BCUT2D eigenvalue weighted by Crippen LogP contribution is 2.16. The molecule has 1 aromatic rings. The fourth-order valence-electron chi connectivity index (χ4n) is 2.63. The van der Waals surface area contributed by atoms with Gasteiger partial charge in [0.1, 0.15) is 0 Å². The zero-order valence-electron chi connectivity index (χ0n) is 12.1. The molecule has 106 valence electrons. The van der Waals surface area contributed by atoms with Crippen LogP contribution in [0.5, 0.6) is 0 Å². The van der Waals surface area contributed by atoms with Crippen molar-refractivity contribution >= 4 is 0 Å². The number of hydrogen-bond donors (Lipinski definition) is 0. The third-order valence-electron chi connectivity index (χ3n) is 3.63. The molecular formula is C16H25NO2. The van der Waals surface area contributed by atoms with E-state index in [1.54, 1.807) is 0 Å². The summed E-state index contributed by atoms with van der Waals surface area (Å²) in [6.07, 6.45) is 2.17. The Bertz CT molecular complexity index is 348. The summed E-state index contributed by atoms with van der Waals surface area (Å²) in [4.78, 5) is 2.45. The number of ether oxygens (including phenoxy) is 2. The molecule has 0 radical (unpaired) electrons. The van der Waals surface area contributed by atoms with Crippen molar-refractivity contribution in [2.45, 2.75) is 33.0 Å². The van der Waals surface area contributed by atoms with Crippen molar-refractivity contribution in [3.63, 3.8) is 0 Å². The summed E-state index contributed by atoms with van der Waals surface area (Å²) in [6.45, 7) is 8.50. The summed E-state index contributed by atoms with van der Waals surface area (Å²) >= 11 is 0. The van der Waals surface area contributed by atoms with Gasteiger partial charge in [0.15, 0.2) is 6.29 Å². The lowest BCUT2D eigenvalue weighted by atomic mass is 10.0. The maximum Gasteiger partial charge on any atom is 0.170 e. The van der Waals surface area contributed by atoms with Crippen LogP contribution in [0.4, 0.5) is 0 Å². The van der Waals surface area contributed by atoms with E-state index in [2.05, 4.69) is 29.2 Å². The first-order valence-electron chi connectivity index (χ1n) is 7.35. The predicted octanol–water partition coefficient (Wildman–Crippen LogP) is 2.49. The monoisotopic (exact) mass is 263 g/mol. The molecule has 0 fully saturated rings. The van der Waals surface area contributed by atoms with Crippen molar-refractivity contribution < 1.29 is 9.47 Å². The predicted molar refractivity (Wildman–Crippen MR) is 77.3 cm³/mol. The highest BCUT2D eigenvalue weighted by Gasteiger charge is 2.17. The quantitative estimate of drug-likeness (QED) is 0.736. The van der Waals surface area contributed by atoms with E-state index in [0.717, 1.165) is 32.5 Å². The molecule has 1 heterocycles. The zero-order valence-corrected chi connectivity index (χ0v) is 12.1. The van der Waals surface area contributed by atoms with Gasteiger partial charge in [0.2, 0.25) is 0 Å². The van der Waals surface area contributed by atoms with Crippen molar-refractivity contribution in [3.05, 3.63) is 35.4 Å². The highest BCUT2D eigenvalue weighted by atomic mass is 16.7. The van der Waals surface area contributed by atoms with Crippen LogP contribution in [-0.4, -0.2) is 44.0 Å². The zero-order chi connectivity index (χ0) is 13.5. The fraction of sp³-hybridized carbons (Fsp3) is 0.625. The Balaban J connectivity index is 1.90. The average Bonchev–Trinajstić information content (AvgIpc) is 2.62. The van der Waals surface area contributed by atoms with Crippen molar-refractivity contribution in [1.82, 2.24) is 4.90 Å².